The third-order valence-electron chi connectivity index (χ3n) is 2.86. The summed E-state index contributed by atoms with van der Waals surface area (Å²) in [7, 11) is 0. The molecule has 2 aromatic rings. The van der Waals surface area contributed by atoms with Crippen molar-refractivity contribution in [1.29, 1.82) is 0 Å². The minimum absolute atomic E-state index is 0.167. The van der Waals surface area contributed by atoms with E-state index in [9.17, 15) is 9.18 Å². The summed E-state index contributed by atoms with van der Waals surface area (Å²) in [5, 5.41) is 2.52. The number of ether oxygens (including phenoxy) is 1. The summed E-state index contributed by atoms with van der Waals surface area (Å²) in [6.07, 6.45) is -0.625. The Labute approximate surface area is 117 Å². The zero-order chi connectivity index (χ0) is 14.2. The van der Waals surface area contributed by atoms with Crippen LogP contribution in [0.2, 0.25) is 0 Å². The topological polar surface area (TPSA) is 38.3 Å². The van der Waals surface area contributed by atoms with Crippen molar-refractivity contribution in [3.8, 4) is 0 Å². The van der Waals surface area contributed by atoms with Gasteiger partial charge in [0.05, 0.1) is 6.04 Å². The van der Waals surface area contributed by atoms with Gasteiger partial charge in [-0.1, -0.05) is 60.7 Å². The second kappa shape index (κ2) is 7.28. The van der Waals surface area contributed by atoms with Crippen LogP contribution in [0.25, 0.3) is 0 Å². The summed E-state index contributed by atoms with van der Waals surface area (Å²) in [5.41, 5.74) is 1.60. The Bertz CT molecular complexity index is 531. The van der Waals surface area contributed by atoms with Gasteiger partial charge in [-0.2, -0.15) is 0 Å². The molecule has 1 N–H and O–H groups in total. The zero-order valence-electron chi connectivity index (χ0n) is 11.0. The molecule has 0 saturated heterocycles. The predicted octanol–water partition coefficient (Wildman–Crippen LogP) is 3.62. The maximum Gasteiger partial charge on any atom is 0.408 e. The number of carbonyl (C=O) groups is 1. The lowest BCUT2D eigenvalue weighted by molar-refractivity contribution is 0.133. The van der Waals surface area contributed by atoms with Crippen LogP contribution >= 0.6 is 0 Å². The second-order valence-electron chi connectivity index (χ2n) is 4.32. The van der Waals surface area contributed by atoms with E-state index in [2.05, 4.69) is 5.32 Å². The van der Waals surface area contributed by atoms with Crippen molar-refractivity contribution < 1.29 is 13.9 Å². The fourth-order valence-corrected chi connectivity index (χ4v) is 1.80. The molecule has 2 aromatic carbocycles. The number of amides is 1. The van der Waals surface area contributed by atoms with Crippen molar-refractivity contribution in [2.45, 2.75) is 12.6 Å². The van der Waals surface area contributed by atoms with E-state index in [0.29, 0.717) is 5.56 Å². The highest BCUT2D eigenvalue weighted by molar-refractivity contribution is 5.68. The monoisotopic (exact) mass is 273 g/mol. The number of carbonyl (C=O) groups excluding carboxylic acids is 1. The van der Waals surface area contributed by atoms with Crippen LogP contribution in [-0.2, 0) is 11.3 Å². The first-order chi connectivity index (χ1) is 9.79. The summed E-state index contributed by atoms with van der Waals surface area (Å²) in [6.45, 7) is -0.509. The Morgan fingerprint density at radius 1 is 1.05 bits per heavy atom. The van der Waals surface area contributed by atoms with Gasteiger partial charge >= 0.3 is 6.09 Å². The molecule has 0 spiro atoms. The Hall–Kier alpha value is -2.36. The van der Waals surface area contributed by atoms with Gasteiger partial charge in [-0.3, -0.25) is 0 Å². The molecular weight excluding hydrogens is 257 g/mol. The molecule has 0 aliphatic rings. The third-order valence-corrected chi connectivity index (χ3v) is 2.86. The number of alkyl carbamates (subject to hydrolysis) is 1. The molecule has 0 fully saturated rings. The molecule has 4 heteroatoms. The van der Waals surface area contributed by atoms with Crippen molar-refractivity contribution in [1.82, 2.24) is 5.32 Å². The first-order valence-corrected chi connectivity index (χ1v) is 6.37. The van der Waals surface area contributed by atoms with Crippen LogP contribution in [0, 0.1) is 0 Å². The fraction of sp³-hybridized carbons (Fsp3) is 0.188. The van der Waals surface area contributed by atoms with Crippen LogP contribution in [0.1, 0.15) is 17.2 Å². The quantitative estimate of drug-likeness (QED) is 0.903. The molecule has 1 amide bonds. The van der Waals surface area contributed by atoms with Gasteiger partial charge in [0.25, 0.3) is 0 Å². The number of alkyl halides is 1. The number of nitrogens with one attached hydrogen (secondary N) is 1. The minimum atomic E-state index is -0.681. The molecule has 20 heavy (non-hydrogen) atoms. The molecule has 3 nitrogen and oxygen atoms in total. The summed E-state index contributed by atoms with van der Waals surface area (Å²) in [4.78, 5) is 11.7. The van der Waals surface area contributed by atoms with E-state index in [-0.39, 0.29) is 6.61 Å². The van der Waals surface area contributed by atoms with Crippen LogP contribution in [0.3, 0.4) is 0 Å². The van der Waals surface area contributed by atoms with Crippen molar-refractivity contribution in [3.05, 3.63) is 71.8 Å². The van der Waals surface area contributed by atoms with E-state index in [0.717, 1.165) is 5.56 Å². The summed E-state index contributed by atoms with van der Waals surface area (Å²) < 4.78 is 18.1. The number of rotatable bonds is 5. The standard InChI is InChI=1S/C16H16FNO2/c17-11-15(14-9-5-2-6-10-14)18-16(19)20-12-13-7-3-1-4-8-13/h1-10,15H,11-12H2,(H,18,19)/t15-/m1/s1. The van der Waals surface area contributed by atoms with Crippen LogP contribution in [0.4, 0.5) is 9.18 Å². The van der Waals surface area contributed by atoms with Crippen LogP contribution in [0.5, 0.6) is 0 Å². The zero-order valence-corrected chi connectivity index (χ0v) is 11.0. The van der Waals surface area contributed by atoms with Gasteiger partial charge in [-0.05, 0) is 11.1 Å². The lowest BCUT2D eigenvalue weighted by Gasteiger charge is -2.15. The predicted molar refractivity (Wildman–Crippen MR) is 74.9 cm³/mol. The van der Waals surface area contributed by atoms with Crippen molar-refractivity contribution in [2.75, 3.05) is 6.67 Å². The van der Waals surface area contributed by atoms with Crippen molar-refractivity contribution >= 4 is 6.09 Å². The van der Waals surface area contributed by atoms with E-state index in [1.165, 1.54) is 0 Å². The van der Waals surface area contributed by atoms with Gasteiger partial charge in [-0.25, -0.2) is 9.18 Å². The average molecular weight is 273 g/mol. The Balaban J connectivity index is 1.87. The fourth-order valence-electron chi connectivity index (χ4n) is 1.80. The highest BCUT2D eigenvalue weighted by Gasteiger charge is 2.14. The third kappa shape index (κ3) is 4.09. The SMILES string of the molecule is O=C(N[C@H](CF)c1ccccc1)OCc1ccccc1. The summed E-state index contributed by atoms with van der Waals surface area (Å²) in [6, 6.07) is 17.6. The van der Waals surface area contributed by atoms with Crippen molar-refractivity contribution in [2.24, 2.45) is 0 Å². The van der Waals surface area contributed by atoms with E-state index < -0.39 is 18.8 Å². The average Bonchev–Trinajstić information content (AvgIpc) is 2.52. The molecule has 0 heterocycles. The van der Waals surface area contributed by atoms with Gasteiger partial charge in [0.1, 0.15) is 13.3 Å². The lowest BCUT2D eigenvalue weighted by Crippen LogP contribution is -2.30. The molecule has 0 bridgehead atoms. The molecule has 0 aromatic heterocycles. The van der Waals surface area contributed by atoms with Gasteiger partial charge in [0.2, 0.25) is 0 Å². The minimum Gasteiger partial charge on any atom is -0.445 e. The smallest absolute Gasteiger partial charge is 0.408 e. The highest BCUT2D eigenvalue weighted by Crippen LogP contribution is 2.13. The van der Waals surface area contributed by atoms with E-state index in [1.54, 1.807) is 24.3 Å². The Morgan fingerprint density at radius 3 is 2.25 bits per heavy atom. The largest absolute Gasteiger partial charge is 0.445 e. The molecule has 2 rings (SSSR count). The van der Waals surface area contributed by atoms with Gasteiger partial charge in [0.15, 0.2) is 0 Å². The molecule has 0 saturated carbocycles. The molecule has 1 atom stereocenters. The van der Waals surface area contributed by atoms with E-state index in [4.69, 9.17) is 4.74 Å². The maximum absolute atomic E-state index is 13.0. The van der Waals surface area contributed by atoms with Gasteiger partial charge < -0.3 is 10.1 Å². The lowest BCUT2D eigenvalue weighted by atomic mass is 10.1. The number of benzene rings is 2. The summed E-state index contributed by atoms with van der Waals surface area (Å²) >= 11 is 0. The second-order valence-corrected chi connectivity index (χ2v) is 4.32. The van der Waals surface area contributed by atoms with Crippen LogP contribution in [0.15, 0.2) is 60.7 Å². The molecule has 104 valence electrons. The Kier molecular flexibility index (Phi) is 5.12. The number of halogens is 1. The molecular formula is C16H16FNO2. The van der Waals surface area contributed by atoms with Crippen LogP contribution in [-0.4, -0.2) is 12.8 Å². The van der Waals surface area contributed by atoms with E-state index >= 15 is 0 Å². The molecule has 0 aliphatic carbocycles. The Morgan fingerprint density at radius 2 is 1.65 bits per heavy atom. The number of hydrogen-bond acceptors (Lipinski definition) is 2. The summed E-state index contributed by atoms with van der Waals surface area (Å²) in [5.74, 6) is 0. The first-order valence-electron chi connectivity index (χ1n) is 6.37. The molecule has 0 radical (unpaired) electrons. The first kappa shape index (κ1) is 14.1. The van der Waals surface area contributed by atoms with E-state index in [1.807, 2.05) is 36.4 Å². The van der Waals surface area contributed by atoms with Crippen LogP contribution < -0.4 is 5.32 Å². The molecule has 0 aliphatic heterocycles. The normalized spacial score (nSPS) is 11.7. The van der Waals surface area contributed by atoms with Gasteiger partial charge in [0, 0.05) is 0 Å². The highest BCUT2D eigenvalue weighted by atomic mass is 19.1. The van der Waals surface area contributed by atoms with Crippen molar-refractivity contribution in [3.63, 3.8) is 0 Å². The molecule has 0 unspecified atom stereocenters. The maximum atomic E-state index is 13.0. The van der Waals surface area contributed by atoms with Gasteiger partial charge in [-0.15, -0.1) is 0 Å². The number of hydrogen-bond donors (Lipinski definition) is 1.